The van der Waals surface area contributed by atoms with Crippen molar-refractivity contribution < 1.29 is 9.53 Å². The molecule has 3 nitrogen and oxygen atoms in total. The molecule has 2 aromatic heterocycles. The Morgan fingerprint density at radius 1 is 1.44 bits per heavy atom. The van der Waals surface area contributed by atoms with Gasteiger partial charge >= 0.3 is 5.97 Å². The number of esters is 1. The molecule has 2 heterocycles. The Kier molecular flexibility index (Phi) is 3.18. The van der Waals surface area contributed by atoms with E-state index in [4.69, 9.17) is 22.1 Å². The summed E-state index contributed by atoms with van der Waals surface area (Å²) in [6.07, 6.45) is 0. The second kappa shape index (κ2) is 4.45. The monoisotopic (exact) mass is 273 g/mol. The summed E-state index contributed by atoms with van der Waals surface area (Å²) in [4.78, 5) is 11.6. The molecule has 0 spiro atoms. The highest BCUT2D eigenvalue weighted by molar-refractivity contribution is 7.15. The average molecular weight is 274 g/mol. The molecule has 0 amide bonds. The molecule has 6 heteroatoms. The number of anilines is 1. The minimum absolute atomic E-state index is 0.418. The Morgan fingerprint density at radius 2 is 2.19 bits per heavy atom. The molecule has 0 unspecified atom stereocenters. The van der Waals surface area contributed by atoms with Crippen LogP contribution in [-0.2, 0) is 4.74 Å². The van der Waals surface area contributed by atoms with Crippen molar-refractivity contribution in [3.8, 4) is 11.1 Å². The highest BCUT2D eigenvalue weighted by atomic mass is 35.5. The number of nitrogen functional groups attached to an aromatic ring is 1. The van der Waals surface area contributed by atoms with E-state index in [1.807, 2.05) is 10.8 Å². The third-order valence-corrected chi connectivity index (χ3v) is 3.99. The predicted molar refractivity (Wildman–Crippen MR) is 68.4 cm³/mol. The van der Waals surface area contributed by atoms with Gasteiger partial charge in [-0.1, -0.05) is 11.6 Å². The van der Waals surface area contributed by atoms with E-state index in [1.54, 1.807) is 6.07 Å². The molecule has 0 aromatic carbocycles. The fourth-order valence-electron chi connectivity index (χ4n) is 1.35. The summed E-state index contributed by atoms with van der Waals surface area (Å²) in [5, 5.41) is 4.18. The molecular weight excluding hydrogens is 266 g/mol. The molecule has 0 saturated heterocycles. The third kappa shape index (κ3) is 1.93. The number of hydrogen-bond acceptors (Lipinski definition) is 5. The van der Waals surface area contributed by atoms with Crippen LogP contribution in [0.4, 0.5) is 5.00 Å². The lowest BCUT2D eigenvalue weighted by Gasteiger charge is -2.01. The van der Waals surface area contributed by atoms with Crippen LogP contribution in [0.15, 0.2) is 16.8 Å². The molecule has 2 N–H and O–H groups in total. The molecule has 0 radical (unpaired) electrons. The fraction of sp³-hybridized carbons (Fsp3) is 0.100. The SMILES string of the molecule is COC(=O)c1c(-c2csc(Cl)c2)csc1N. The van der Waals surface area contributed by atoms with Gasteiger partial charge < -0.3 is 10.5 Å². The van der Waals surface area contributed by atoms with E-state index in [0.29, 0.717) is 14.9 Å². The Balaban J connectivity index is 2.53. The van der Waals surface area contributed by atoms with Crippen LogP contribution in [0.1, 0.15) is 10.4 Å². The van der Waals surface area contributed by atoms with Gasteiger partial charge in [-0.25, -0.2) is 4.79 Å². The zero-order valence-corrected chi connectivity index (χ0v) is 10.7. The average Bonchev–Trinajstić information content (AvgIpc) is 2.83. The van der Waals surface area contributed by atoms with Crippen LogP contribution < -0.4 is 5.73 Å². The molecule has 0 atom stereocenters. The van der Waals surface area contributed by atoms with Crippen LogP contribution in [-0.4, -0.2) is 13.1 Å². The Morgan fingerprint density at radius 3 is 2.75 bits per heavy atom. The topological polar surface area (TPSA) is 52.3 Å². The van der Waals surface area contributed by atoms with Crippen LogP contribution in [0.5, 0.6) is 0 Å². The number of hydrogen-bond donors (Lipinski definition) is 1. The lowest BCUT2D eigenvalue weighted by Crippen LogP contribution is -2.04. The van der Waals surface area contributed by atoms with Crippen molar-refractivity contribution in [3.63, 3.8) is 0 Å². The fourth-order valence-corrected chi connectivity index (χ4v) is 3.04. The molecule has 0 bridgehead atoms. The number of nitrogens with two attached hydrogens (primary N) is 1. The number of thiophene rings is 2. The van der Waals surface area contributed by atoms with Gasteiger partial charge in [0.1, 0.15) is 10.6 Å². The molecule has 84 valence electrons. The van der Waals surface area contributed by atoms with Crippen LogP contribution >= 0.6 is 34.3 Å². The van der Waals surface area contributed by atoms with Crippen molar-refractivity contribution in [2.24, 2.45) is 0 Å². The molecule has 0 fully saturated rings. The van der Waals surface area contributed by atoms with E-state index in [9.17, 15) is 4.79 Å². The highest BCUT2D eigenvalue weighted by Crippen LogP contribution is 2.37. The van der Waals surface area contributed by atoms with E-state index in [0.717, 1.165) is 11.1 Å². The Labute approximate surface area is 105 Å². The smallest absolute Gasteiger partial charge is 0.341 e. The van der Waals surface area contributed by atoms with E-state index in [2.05, 4.69) is 0 Å². The lowest BCUT2D eigenvalue weighted by atomic mass is 10.1. The Hall–Kier alpha value is -1.04. The number of methoxy groups -OCH3 is 1. The maximum atomic E-state index is 11.6. The summed E-state index contributed by atoms with van der Waals surface area (Å²) in [7, 11) is 1.34. The van der Waals surface area contributed by atoms with E-state index < -0.39 is 5.97 Å². The van der Waals surface area contributed by atoms with Crippen molar-refractivity contribution in [1.29, 1.82) is 0 Å². The maximum Gasteiger partial charge on any atom is 0.341 e. The van der Waals surface area contributed by atoms with Crippen LogP contribution in [0.2, 0.25) is 4.34 Å². The van der Waals surface area contributed by atoms with Gasteiger partial charge in [0.25, 0.3) is 0 Å². The maximum absolute atomic E-state index is 11.6. The first-order valence-corrected chi connectivity index (χ1v) is 6.47. The number of carbonyl (C=O) groups excluding carboxylic acids is 1. The molecule has 0 aliphatic heterocycles. The van der Waals surface area contributed by atoms with Gasteiger partial charge in [0.05, 0.1) is 11.4 Å². The van der Waals surface area contributed by atoms with E-state index in [1.165, 1.54) is 29.8 Å². The Bertz CT molecular complexity index is 533. The summed E-state index contributed by atoms with van der Waals surface area (Å²) < 4.78 is 5.38. The van der Waals surface area contributed by atoms with Gasteiger partial charge in [-0.3, -0.25) is 0 Å². The van der Waals surface area contributed by atoms with Gasteiger partial charge in [-0.2, -0.15) is 0 Å². The van der Waals surface area contributed by atoms with Gasteiger partial charge in [-0.15, -0.1) is 22.7 Å². The van der Waals surface area contributed by atoms with Crippen molar-refractivity contribution in [2.75, 3.05) is 12.8 Å². The summed E-state index contributed by atoms with van der Waals surface area (Å²) >= 11 is 8.59. The van der Waals surface area contributed by atoms with Gasteiger partial charge in [0.15, 0.2) is 0 Å². The number of ether oxygens (including phenoxy) is 1. The summed E-state index contributed by atoms with van der Waals surface area (Å²) in [6, 6.07) is 1.81. The summed E-state index contributed by atoms with van der Waals surface area (Å²) in [5.41, 5.74) is 7.84. The van der Waals surface area contributed by atoms with Crippen LogP contribution in [0, 0.1) is 0 Å². The standard InChI is InChI=1S/C10H8ClNO2S2/c1-14-10(13)8-6(4-16-9(8)12)5-2-7(11)15-3-5/h2-4H,12H2,1H3. The second-order valence-electron chi connectivity index (χ2n) is 3.02. The zero-order valence-electron chi connectivity index (χ0n) is 8.32. The first kappa shape index (κ1) is 11.4. The minimum atomic E-state index is -0.420. The second-order valence-corrected chi connectivity index (χ2v) is 5.47. The van der Waals surface area contributed by atoms with Crippen molar-refractivity contribution in [2.45, 2.75) is 0 Å². The quantitative estimate of drug-likeness (QED) is 0.852. The summed E-state index contributed by atoms with van der Waals surface area (Å²) in [5.74, 6) is -0.420. The van der Waals surface area contributed by atoms with Crippen molar-refractivity contribution >= 4 is 45.2 Å². The van der Waals surface area contributed by atoms with E-state index >= 15 is 0 Å². The molecular formula is C10H8ClNO2S2. The first-order chi connectivity index (χ1) is 7.63. The largest absolute Gasteiger partial charge is 0.465 e. The van der Waals surface area contributed by atoms with E-state index in [-0.39, 0.29) is 0 Å². The molecule has 0 saturated carbocycles. The molecule has 2 rings (SSSR count). The number of carbonyl (C=O) groups is 1. The number of rotatable bonds is 2. The predicted octanol–water partition coefficient (Wildman–Crippen LogP) is 3.50. The molecule has 0 aliphatic rings. The van der Waals surface area contributed by atoms with Crippen LogP contribution in [0.25, 0.3) is 11.1 Å². The van der Waals surface area contributed by atoms with Crippen molar-refractivity contribution in [1.82, 2.24) is 0 Å². The zero-order chi connectivity index (χ0) is 11.7. The first-order valence-electron chi connectivity index (χ1n) is 4.33. The molecule has 0 aliphatic carbocycles. The number of halogens is 1. The highest BCUT2D eigenvalue weighted by Gasteiger charge is 2.19. The van der Waals surface area contributed by atoms with Gasteiger partial charge in [-0.05, 0) is 11.6 Å². The molecule has 16 heavy (non-hydrogen) atoms. The normalized spacial score (nSPS) is 10.4. The molecule has 2 aromatic rings. The minimum Gasteiger partial charge on any atom is -0.465 e. The van der Waals surface area contributed by atoms with Gasteiger partial charge in [0.2, 0.25) is 0 Å². The van der Waals surface area contributed by atoms with Crippen LogP contribution in [0.3, 0.4) is 0 Å². The summed E-state index contributed by atoms with van der Waals surface area (Å²) in [6.45, 7) is 0. The van der Waals surface area contributed by atoms with Gasteiger partial charge in [0, 0.05) is 16.3 Å². The van der Waals surface area contributed by atoms with Crippen molar-refractivity contribution in [3.05, 3.63) is 26.7 Å². The lowest BCUT2D eigenvalue weighted by molar-refractivity contribution is 0.0603. The third-order valence-electron chi connectivity index (χ3n) is 2.09.